The molecule has 3 rings (SSSR count). The van der Waals surface area contributed by atoms with Crippen molar-refractivity contribution in [2.24, 2.45) is 0 Å². The number of nitrogens with one attached hydrogen (secondary N) is 2. The summed E-state index contributed by atoms with van der Waals surface area (Å²) in [6.07, 6.45) is 1.86. The molecule has 0 spiro atoms. The number of benzene rings is 2. The Balaban J connectivity index is 2.18. The smallest absolute Gasteiger partial charge is 0.262 e. The van der Waals surface area contributed by atoms with Crippen molar-refractivity contribution in [2.45, 2.75) is 0 Å². The van der Waals surface area contributed by atoms with Crippen molar-refractivity contribution in [3.8, 4) is 6.07 Å². The Hall–Kier alpha value is -2.64. The normalized spacial score (nSPS) is 16.6. The van der Waals surface area contributed by atoms with Gasteiger partial charge in [-0.2, -0.15) is 5.26 Å². The van der Waals surface area contributed by atoms with Gasteiger partial charge in [0.25, 0.3) is 5.91 Å². The van der Waals surface area contributed by atoms with Crippen LogP contribution in [0.1, 0.15) is 11.1 Å². The Labute approximate surface area is 110 Å². The third-order valence-electron chi connectivity index (χ3n) is 3.15. The van der Waals surface area contributed by atoms with Gasteiger partial charge in [0.05, 0.1) is 11.6 Å². The van der Waals surface area contributed by atoms with E-state index in [4.69, 9.17) is 5.26 Å². The molecule has 0 aliphatic carbocycles. The van der Waals surface area contributed by atoms with Crippen LogP contribution in [0.5, 0.6) is 0 Å². The molecule has 0 saturated carbocycles. The van der Waals surface area contributed by atoms with Crippen LogP contribution in [0.25, 0.3) is 16.8 Å². The molecular weight excluding hydrogens is 238 g/mol. The summed E-state index contributed by atoms with van der Waals surface area (Å²) in [4.78, 5) is 11.5. The molecule has 0 bridgehead atoms. The predicted molar refractivity (Wildman–Crippen MR) is 72.8 cm³/mol. The van der Waals surface area contributed by atoms with Crippen LogP contribution in [0.4, 0.5) is 0 Å². The molecule has 1 saturated heterocycles. The highest BCUT2D eigenvalue weighted by molar-refractivity contribution is 6.02. The molecule has 4 nitrogen and oxygen atoms in total. The number of nitrogens with zero attached hydrogens (tertiary/aromatic N) is 1. The molecule has 1 heterocycles. The third-order valence-corrected chi connectivity index (χ3v) is 3.15. The number of carbonyl (C=O) groups excluding carboxylic acids is 1. The number of rotatable bonds is 1. The predicted octanol–water partition coefficient (Wildman–Crippen LogP) is 1.73. The molecule has 2 N–H and O–H groups in total. The zero-order chi connectivity index (χ0) is 13.2. The van der Waals surface area contributed by atoms with Crippen LogP contribution in [0.15, 0.2) is 42.0 Å². The van der Waals surface area contributed by atoms with Crippen molar-refractivity contribution in [3.05, 3.63) is 53.1 Å². The summed E-state index contributed by atoms with van der Waals surface area (Å²) in [7, 11) is 0. The number of amides is 1. The Morgan fingerprint density at radius 3 is 2.89 bits per heavy atom. The molecule has 0 atom stereocenters. The molecule has 2 aromatic carbocycles. The summed E-state index contributed by atoms with van der Waals surface area (Å²) < 4.78 is 0. The maximum atomic E-state index is 11.5. The van der Waals surface area contributed by atoms with Crippen LogP contribution in [0.3, 0.4) is 0 Å². The summed E-state index contributed by atoms with van der Waals surface area (Å²) in [5, 5.41) is 11.0. The fraction of sp³-hybridized carbons (Fsp3) is 0.0667. The SMILES string of the molecule is N#Cc1ccc2cccc(/C=C3\CNNC3=O)c2c1. The Morgan fingerprint density at radius 2 is 2.16 bits per heavy atom. The van der Waals surface area contributed by atoms with Gasteiger partial charge in [-0.1, -0.05) is 24.3 Å². The van der Waals surface area contributed by atoms with Gasteiger partial charge < -0.3 is 0 Å². The second kappa shape index (κ2) is 4.56. The van der Waals surface area contributed by atoms with Gasteiger partial charge in [-0.3, -0.25) is 10.2 Å². The van der Waals surface area contributed by atoms with E-state index in [1.165, 1.54) is 0 Å². The number of hydrazine groups is 1. The van der Waals surface area contributed by atoms with E-state index in [0.29, 0.717) is 17.7 Å². The van der Waals surface area contributed by atoms with E-state index in [2.05, 4.69) is 16.9 Å². The van der Waals surface area contributed by atoms with E-state index in [9.17, 15) is 4.79 Å². The number of carbonyl (C=O) groups is 1. The number of nitriles is 1. The second-order valence-corrected chi connectivity index (χ2v) is 4.37. The van der Waals surface area contributed by atoms with Gasteiger partial charge >= 0.3 is 0 Å². The molecule has 0 unspecified atom stereocenters. The van der Waals surface area contributed by atoms with Crippen LogP contribution >= 0.6 is 0 Å². The first-order chi connectivity index (χ1) is 9.28. The van der Waals surface area contributed by atoms with Gasteiger partial charge in [0.2, 0.25) is 0 Å². The van der Waals surface area contributed by atoms with E-state index in [1.54, 1.807) is 6.07 Å². The molecule has 1 aliphatic rings. The Morgan fingerprint density at radius 1 is 1.26 bits per heavy atom. The van der Waals surface area contributed by atoms with Gasteiger partial charge in [-0.05, 0) is 34.5 Å². The average molecular weight is 249 g/mol. The first kappa shape index (κ1) is 11.5. The summed E-state index contributed by atoms with van der Waals surface area (Å²) in [5.74, 6) is -0.103. The fourth-order valence-corrected chi connectivity index (χ4v) is 2.18. The van der Waals surface area contributed by atoms with Gasteiger partial charge in [-0.15, -0.1) is 0 Å². The minimum Gasteiger partial charge on any atom is -0.287 e. The zero-order valence-electron chi connectivity index (χ0n) is 10.1. The van der Waals surface area contributed by atoms with Crippen molar-refractivity contribution in [1.29, 1.82) is 5.26 Å². The zero-order valence-corrected chi connectivity index (χ0v) is 10.1. The van der Waals surface area contributed by atoms with Gasteiger partial charge in [0.15, 0.2) is 0 Å². The lowest BCUT2D eigenvalue weighted by molar-refractivity contribution is -0.116. The highest BCUT2D eigenvalue weighted by Gasteiger charge is 2.15. The highest BCUT2D eigenvalue weighted by atomic mass is 16.2. The fourth-order valence-electron chi connectivity index (χ4n) is 2.18. The standard InChI is InChI=1S/C15H11N3O/c16-8-10-4-5-11-2-1-3-12(14(11)6-10)7-13-9-17-18-15(13)19/h1-7,17H,9H2,(H,18,19)/b13-7+. The van der Waals surface area contributed by atoms with Crippen molar-refractivity contribution < 1.29 is 4.79 Å². The topological polar surface area (TPSA) is 64.9 Å². The lowest BCUT2D eigenvalue weighted by Crippen LogP contribution is -2.25. The van der Waals surface area contributed by atoms with E-state index in [-0.39, 0.29) is 5.91 Å². The number of hydrogen-bond acceptors (Lipinski definition) is 3. The van der Waals surface area contributed by atoms with E-state index >= 15 is 0 Å². The maximum Gasteiger partial charge on any atom is 0.262 e. The summed E-state index contributed by atoms with van der Waals surface area (Å²) in [6.45, 7) is 0.507. The Bertz CT molecular complexity index is 741. The Kier molecular flexibility index (Phi) is 2.75. The highest BCUT2D eigenvalue weighted by Crippen LogP contribution is 2.22. The van der Waals surface area contributed by atoms with Crippen LogP contribution in [0, 0.1) is 11.3 Å². The molecule has 92 valence electrons. The van der Waals surface area contributed by atoms with Crippen molar-refractivity contribution in [1.82, 2.24) is 10.9 Å². The van der Waals surface area contributed by atoms with Crippen molar-refractivity contribution in [2.75, 3.05) is 6.54 Å². The van der Waals surface area contributed by atoms with Crippen LogP contribution in [-0.4, -0.2) is 12.5 Å². The first-order valence-electron chi connectivity index (χ1n) is 5.94. The number of fused-ring (bicyclic) bond motifs is 1. The van der Waals surface area contributed by atoms with E-state index in [0.717, 1.165) is 16.3 Å². The third kappa shape index (κ3) is 2.07. The largest absolute Gasteiger partial charge is 0.287 e. The monoisotopic (exact) mass is 249 g/mol. The quantitative estimate of drug-likeness (QED) is 0.756. The van der Waals surface area contributed by atoms with Crippen LogP contribution < -0.4 is 10.9 Å². The minimum absolute atomic E-state index is 0.103. The van der Waals surface area contributed by atoms with E-state index < -0.39 is 0 Å². The minimum atomic E-state index is -0.103. The van der Waals surface area contributed by atoms with Crippen molar-refractivity contribution in [3.63, 3.8) is 0 Å². The molecule has 1 amide bonds. The molecule has 1 fully saturated rings. The van der Waals surface area contributed by atoms with Gasteiger partial charge in [0.1, 0.15) is 0 Å². The molecule has 1 aliphatic heterocycles. The second-order valence-electron chi connectivity index (χ2n) is 4.37. The molecule has 4 heteroatoms. The molecule has 0 radical (unpaired) electrons. The van der Waals surface area contributed by atoms with Gasteiger partial charge in [0, 0.05) is 12.1 Å². The van der Waals surface area contributed by atoms with Crippen LogP contribution in [0.2, 0.25) is 0 Å². The molecule has 0 aromatic heterocycles. The lowest BCUT2D eigenvalue weighted by Gasteiger charge is -2.03. The summed E-state index contributed by atoms with van der Waals surface area (Å²) in [6, 6.07) is 13.6. The number of hydrogen-bond donors (Lipinski definition) is 2. The average Bonchev–Trinajstić information content (AvgIpc) is 2.84. The lowest BCUT2D eigenvalue weighted by atomic mass is 10.0. The van der Waals surface area contributed by atoms with Gasteiger partial charge in [-0.25, -0.2) is 5.43 Å². The summed E-state index contributed by atoms with van der Waals surface area (Å²) >= 11 is 0. The first-order valence-corrected chi connectivity index (χ1v) is 5.94. The van der Waals surface area contributed by atoms with E-state index in [1.807, 2.05) is 36.4 Å². The van der Waals surface area contributed by atoms with Crippen LogP contribution in [-0.2, 0) is 4.79 Å². The molecule has 19 heavy (non-hydrogen) atoms. The molecule has 2 aromatic rings. The molecular formula is C15H11N3O. The van der Waals surface area contributed by atoms with Crippen molar-refractivity contribution >= 4 is 22.8 Å². The maximum absolute atomic E-state index is 11.5. The summed E-state index contributed by atoms with van der Waals surface area (Å²) in [5.41, 5.74) is 7.60.